The van der Waals surface area contributed by atoms with Crippen LogP contribution in [0.4, 0.5) is 4.79 Å². The second kappa shape index (κ2) is 8.62. The first-order valence-corrected chi connectivity index (χ1v) is 8.55. The van der Waals surface area contributed by atoms with E-state index in [1.54, 1.807) is 0 Å². The van der Waals surface area contributed by atoms with Gasteiger partial charge in [-0.15, -0.1) is 0 Å². The van der Waals surface area contributed by atoms with Gasteiger partial charge in [0.1, 0.15) is 5.60 Å². The molecule has 0 aromatic heterocycles. The fourth-order valence-corrected chi connectivity index (χ4v) is 2.92. The van der Waals surface area contributed by atoms with Crippen LogP contribution < -0.4 is 10.6 Å². The van der Waals surface area contributed by atoms with Crippen LogP contribution >= 0.6 is 0 Å². The summed E-state index contributed by atoms with van der Waals surface area (Å²) in [6.45, 7) is 10.2. The first-order chi connectivity index (χ1) is 9.80. The summed E-state index contributed by atoms with van der Waals surface area (Å²) in [7, 11) is 0. The van der Waals surface area contributed by atoms with E-state index in [4.69, 9.17) is 4.74 Å². The van der Waals surface area contributed by atoms with Crippen molar-refractivity contribution in [3.8, 4) is 0 Å². The van der Waals surface area contributed by atoms with E-state index in [-0.39, 0.29) is 12.1 Å². The molecule has 3 atom stereocenters. The molecular formula is C17H34N2O2. The maximum atomic E-state index is 11.8. The third-order valence-electron chi connectivity index (χ3n) is 3.91. The highest BCUT2D eigenvalue weighted by Crippen LogP contribution is 2.21. The van der Waals surface area contributed by atoms with E-state index in [1.165, 1.54) is 25.7 Å². The molecule has 21 heavy (non-hydrogen) atoms. The lowest BCUT2D eigenvalue weighted by molar-refractivity contribution is 0.0505. The maximum absolute atomic E-state index is 11.8. The average molecular weight is 298 g/mol. The van der Waals surface area contributed by atoms with Gasteiger partial charge in [0.25, 0.3) is 0 Å². The van der Waals surface area contributed by atoms with Crippen molar-refractivity contribution in [3.63, 3.8) is 0 Å². The number of hydrogen-bond acceptors (Lipinski definition) is 3. The van der Waals surface area contributed by atoms with Gasteiger partial charge in [0.05, 0.1) is 0 Å². The third-order valence-corrected chi connectivity index (χ3v) is 3.91. The molecule has 1 fully saturated rings. The topological polar surface area (TPSA) is 50.4 Å². The van der Waals surface area contributed by atoms with E-state index in [2.05, 4.69) is 24.5 Å². The van der Waals surface area contributed by atoms with Crippen LogP contribution in [-0.2, 0) is 4.74 Å². The van der Waals surface area contributed by atoms with Gasteiger partial charge in [-0.05, 0) is 53.4 Å². The molecule has 2 N–H and O–H groups in total. The number of rotatable bonds is 7. The molecule has 1 rings (SSSR count). The predicted molar refractivity (Wildman–Crippen MR) is 87.5 cm³/mol. The van der Waals surface area contributed by atoms with Crippen molar-refractivity contribution in [2.24, 2.45) is 0 Å². The molecule has 0 spiro atoms. The molecule has 1 saturated carbocycles. The van der Waals surface area contributed by atoms with Crippen LogP contribution in [0.1, 0.15) is 79.6 Å². The number of unbranched alkanes of at least 4 members (excludes halogenated alkanes) is 2. The highest BCUT2D eigenvalue weighted by molar-refractivity contribution is 5.68. The first-order valence-electron chi connectivity index (χ1n) is 8.55. The van der Waals surface area contributed by atoms with Crippen LogP contribution in [0.15, 0.2) is 0 Å². The summed E-state index contributed by atoms with van der Waals surface area (Å²) >= 11 is 0. The maximum Gasteiger partial charge on any atom is 0.407 e. The fraction of sp³-hybridized carbons (Fsp3) is 0.941. The van der Waals surface area contributed by atoms with Crippen LogP contribution in [0.3, 0.4) is 0 Å². The first kappa shape index (κ1) is 18.3. The number of hydrogen-bond donors (Lipinski definition) is 2. The highest BCUT2D eigenvalue weighted by atomic mass is 16.6. The normalized spacial score (nSPS) is 23.9. The van der Waals surface area contributed by atoms with Crippen LogP contribution in [0.2, 0.25) is 0 Å². The van der Waals surface area contributed by atoms with Crippen LogP contribution in [0.25, 0.3) is 0 Å². The number of amides is 1. The van der Waals surface area contributed by atoms with Gasteiger partial charge in [-0.25, -0.2) is 4.79 Å². The molecule has 0 radical (unpaired) electrons. The average Bonchev–Trinajstić information content (AvgIpc) is 2.74. The molecule has 1 amide bonds. The molecular weight excluding hydrogens is 264 g/mol. The molecule has 0 heterocycles. The van der Waals surface area contributed by atoms with E-state index < -0.39 is 5.60 Å². The van der Waals surface area contributed by atoms with E-state index in [9.17, 15) is 4.79 Å². The summed E-state index contributed by atoms with van der Waals surface area (Å²) in [5, 5.41) is 6.69. The van der Waals surface area contributed by atoms with Gasteiger partial charge in [-0.1, -0.05) is 26.2 Å². The SMILES string of the molecule is CCCCCC(C)NC1CCC(NC(=O)OC(C)(C)C)C1. The Hall–Kier alpha value is -0.770. The van der Waals surface area contributed by atoms with Crippen molar-refractivity contribution in [3.05, 3.63) is 0 Å². The number of carbonyl (C=O) groups excluding carboxylic acids is 1. The van der Waals surface area contributed by atoms with E-state index in [1.807, 2.05) is 20.8 Å². The van der Waals surface area contributed by atoms with Gasteiger partial charge >= 0.3 is 6.09 Å². The van der Waals surface area contributed by atoms with Crippen molar-refractivity contribution in [2.75, 3.05) is 0 Å². The van der Waals surface area contributed by atoms with Gasteiger partial charge in [-0.3, -0.25) is 0 Å². The second-order valence-electron chi connectivity index (χ2n) is 7.42. The molecule has 0 saturated heterocycles. The zero-order chi connectivity index (χ0) is 15.9. The largest absolute Gasteiger partial charge is 0.444 e. The Morgan fingerprint density at radius 1 is 1.24 bits per heavy atom. The summed E-state index contributed by atoms with van der Waals surface area (Å²) < 4.78 is 5.31. The van der Waals surface area contributed by atoms with Crippen LogP contribution in [0.5, 0.6) is 0 Å². The van der Waals surface area contributed by atoms with Crippen molar-refractivity contribution < 1.29 is 9.53 Å². The second-order valence-corrected chi connectivity index (χ2v) is 7.42. The number of alkyl carbamates (subject to hydrolysis) is 1. The van der Waals surface area contributed by atoms with Gasteiger partial charge < -0.3 is 15.4 Å². The Morgan fingerprint density at radius 2 is 1.90 bits per heavy atom. The molecule has 0 aliphatic heterocycles. The molecule has 124 valence electrons. The van der Waals surface area contributed by atoms with Crippen molar-refractivity contribution in [2.45, 2.75) is 103 Å². The molecule has 4 heteroatoms. The molecule has 1 aliphatic rings. The summed E-state index contributed by atoms with van der Waals surface area (Å²) in [6.07, 6.45) is 8.04. The molecule has 0 bridgehead atoms. The fourth-order valence-electron chi connectivity index (χ4n) is 2.92. The van der Waals surface area contributed by atoms with Gasteiger partial charge in [0, 0.05) is 18.1 Å². The summed E-state index contributed by atoms with van der Waals surface area (Å²) in [5.74, 6) is 0. The quantitative estimate of drug-likeness (QED) is 0.699. The Bertz CT molecular complexity index is 312. The minimum atomic E-state index is -0.422. The van der Waals surface area contributed by atoms with E-state index >= 15 is 0 Å². The smallest absolute Gasteiger partial charge is 0.407 e. The van der Waals surface area contributed by atoms with E-state index in [0.29, 0.717) is 12.1 Å². The Labute approximate surface area is 130 Å². The van der Waals surface area contributed by atoms with E-state index in [0.717, 1.165) is 19.3 Å². The third kappa shape index (κ3) is 8.30. The lowest BCUT2D eigenvalue weighted by Gasteiger charge is -2.22. The molecule has 3 unspecified atom stereocenters. The van der Waals surface area contributed by atoms with Gasteiger partial charge in [0.2, 0.25) is 0 Å². The standard InChI is InChI=1S/C17H34N2O2/c1-6-7-8-9-13(2)18-14-10-11-15(12-14)19-16(20)21-17(3,4)5/h13-15,18H,6-12H2,1-5H3,(H,19,20). The summed E-state index contributed by atoms with van der Waals surface area (Å²) in [6, 6.07) is 1.35. The van der Waals surface area contributed by atoms with Crippen molar-refractivity contribution >= 4 is 6.09 Å². The Balaban J connectivity index is 2.21. The zero-order valence-electron chi connectivity index (χ0n) is 14.5. The van der Waals surface area contributed by atoms with Gasteiger partial charge in [0.15, 0.2) is 0 Å². The van der Waals surface area contributed by atoms with Crippen LogP contribution in [-0.4, -0.2) is 29.8 Å². The lowest BCUT2D eigenvalue weighted by atomic mass is 10.1. The Kier molecular flexibility index (Phi) is 7.50. The zero-order valence-corrected chi connectivity index (χ0v) is 14.5. The lowest BCUT2D eigenvalue weighted by Crippen LogP contribution is -2.40. The number of ether oxygens (including phenoxy) is 1. The number of carbonyl (C=O) groups is 1. The van der Waals surface area contributed by atoms with Crippen molar-refractivity contribution in [1.29, 1.82) is 0 Å². The minimum absolute atomic E-state index is 0.250. The van der Waals surface area contributed by atoms with Gasteiger partial charge in [-0.2, -0.15) is 0 Å². The number of nitrogens with one attached hydrogen (secondary N) is 2. The highest BCUT2D eigenvalue weighted by Gasteiger charge is 2.28. The predicted octanol–water partition coefficient (Wildman–Crippen LogP) is 3.99. The minimum Gasteiger partial charge on any atom is -0.444 e. The molecule has 1 aliphatic carbocycles. The van der Waals surface area contributed by atoms with Crippen LogP contribution in [0, 0.1) is 0 Å². The summed E-state index contributed by atoms with van der Waals surface area (Å²) in [4.78, 5) is 11.8. The molecule has 4 nitrogen and oxygen atoms in total. The summed E-state index contributed by atoms with van der Waals surface area (Å²) in [5.41, 5.74) is -0.422. The molecule has 0 aromatic carbocycles. The molecule has 0 aromatic rings. The van der Waals surface area contributed by atoms with Crippen molar-refractivity contribution in [1.82, 2.24) is 10.6 Å². The Morgan fingerprint density at radius 3 is 2.52 bits per heavy atom. The monoisotopic (exact) mass is 298 g/mol.